The number of nitrogens with two attached hydrogens (primary N) is 1. The zero-order valence-corrected chi connectivity index (χ0v) is 15.1. The number of hydrogen-bond donors (Lipinski definition) is 2. The van der Waals surface area contributed by atoms with Crippen LogP contribution in [0.2, 0.25) is 0 Å². The van der Waals surface area contributed by atoms with Gasteiger partial charge in [-0.3, -0.25) is 4.79 Å². The number of nitrogen functional groups attached to an aromatic ring is 1. The van der Waals surface area contributed by atoms with Crippen molar-refractivity contribution in [2.45, 2.75) is 5.03 Å². The van der Waals surface area contributed by atoms with E-state index in [9.17, 15) is 9.18 Å². The van der Waals surface area contributed by atoms with Crippen molar-refractivity contribution in [3.63, 3.8) is 0 Å². The van der Waals surface area contributed by atoms with Crippen molar-refractivity contribution in [2.24, 2.45) is 0 Å². The minimum absolute atomic E-state index is 0.0161. The molecule has 3 N–H and O–H groups in total. The number of para-hydroxylation sites is 2. The van der Waals surface area contributed by atoms with Crippen LogP contribution in [0.1, 0.15) is 0 Å². The highest BCUT2D eigenvalue weighted by Crippen LogP contribution is 2.26. The SMILES string of the molecule is CSc1nn(-c2ccccc2)c2nc(Nc3ccccc3F)n(N)c(=O)c12. The summed E-state index contributed by atoms with van der Waals surface area (Å²) in [4.78, 5) is 17.3. The van der Waals surface area contributed by atoms with Crippen molar-refractivity contribution in [2.75, 3.05) is 17.4 Å². The smallest absolute Gasteiger partial charge is 0.285 e. The first-order valence-corrected chi connectivity index (χ1v) is 9.24. The number of benzene rings is 2. The van der Waals surface area contributed by atoms with Gasteiger partial charge in [-0.15, -0.1) is 11.8 Å². The fourth-order valence-corrected chi connectivity index (χ4v) is 3.26. The molecular weight excluding hydrogens is 367 g/mol. The van der Waals surface area contributed by atoms with Crippen LogP contribution in [0.3, 0.4) is 0 Å². The molecule has 0 fully saturated rings. The molecule has 0 atom stereocenters. The summed E-state index contributed by atoms with van der Waals surface area (Å²) in [6.07, 6.45) is 1.82. The number of thioether (sulfide) groups is 1. The highest BCUT2D eigenvalue weighted by atomic mass is 32.2. The van der Waals surface area contributed by atoms with Crippen LogP contribution in [-0.4, -0.2) is 25.7 Å². The van der Waals surface area contributed by atoms with E-state index in [0.717, 1.165) is 10.4 Å². The molecular formula is C18H15FN6OS. The monoisotopic (exact) mass is 382 g/mol. The molecule has 136 valence electrons. The molecule has 4 rings (SSSR count). The minimum Gasteiger partial charge on any atom is -0.333 e. The molecule has 27 heavy (non-hydrogen) atoms. The fourth-order valence-electron chi connectivity index (χ4n) is 2.71. The highest BCUT2D eigenvalue weighted by molar-refractivity contribution is 7.98. The Balaban J connectivity index is 1.96. The Morgan fingerprint density at radius 2 is 1.81 bits per heavy atom. The van der Waals surface area contributed by atoms with Crippen molar-refractivity contribution >= 4 is 34.4 Å². The van der Waals surface area contributed by atoms with Gasteiger partial charge in [-0.05, 0) is 30.5 Å². The number of nitrogens with one attached hydrogen (secondary N) is 1. The summed E-state index contributed by atoms with van der Waals surface area (Å²) in [5.74, 6) is 5.47. The second-order valence-electron chi connectivity index (χ2n) is 5.67. The van der Waals surface area contributed by atoms with Gasteiger partial charge in [0.05, 0.1) is 11.4 Å². The summed E-state index contributed by atoms with van der Waals surface area (Å²) in [5, 5.41) is 8.11. The molecule has 0 bridgehead atoms. The number of anilines is 2. The van der Waals surface area contributed by atoms with Gasteiger partial charge in [0.1, 0.15) is 16.2 Å². The van der Waals surface area contributed by atoms with Crippen LogP contribution in [0.5, 0.6) is 0 Å². The van der Waals surface area contributed by atoms with Crippen LogP contribution in [0.15, 0.2) is 64.4 Å². The molecule has 0 aliphatic rings. The third kappa shape index (κ3) is 2.91. The lowest BCUT2D eigenvalue weighted by Gasteiger charge is -2.11. The summed E-state index contributed by atoms with van der Waals surface area (Å²) < 4.78 is 16.4. The molecule has 0 unspecified atom stereocenters. The molecule has 4 aromatic rings. The molecule has 0 aliphatic carbocycles. The van der Waals surface area contributed by atoms with E-state index in [4.69, 9.17) is 5.84 Å². The van der Waals surface area contributed by atoms with Crippen molar-refractivity contribution in [3.05, 3.63) is 70.8 Å². The van der Waals surface area contributed by atoms with Gasteiger partial charge in [0, 0.05) is 0 Å². The third-order valence-electron chi connectivity index (χ3n) is 4.02. The number of aromatic nitrogens is 4. The molecule has 2 heterocycles. The molecule has 0 radical (unpaired) electrons. The molecule has 0 saturated heterocycles. The summed E-state index contributed by atoms with van der Waals surface area (Å²) in [6.45, 7) is 0. The fraction of sp³-hybridized carbons (Fsp3) is 0.0556. The Labute approximate surface area is 157 Å². The molecule has 2 aromatic heterocycles. The molecule has 0 amide bonds. The summed E-state index contributed by atoms with van der Waals surface area (Å²) >= 11 is 1.33. The predicted octanol–water partition coefficient (Wildman–Crippen LogP) is 2.90. The first-order valence-electron chi connectivity index (χ1n) is 8.02. The Morgan fingerprint density at radius 1 is 1.11 bits per heavy atom. The maximum Gasteiger partial charge on any atom is 0.285 e. The topological polar surface area (TPSA) is 90.8 Å². The molecule has 2 aromatic carbocycles. The molecule has 7 nitrogen and oxygen atoms in total. The third-order valence-corrected chi connectivity index (χ3v) is 4.69. The van der Waals surface area contributed by atoms with Gasteiger partial charge in [0.25, 0.3) is 5.56 Å². The van der Waals surface area contributed by atoms with Crippen LogP contribution in [0.4, 0.5) is 16.0 Å². The second kappa shape index (κ2) is 6.76. The van der Waals surface area contributed by atoms with Gasteiger partial charge < -0.3 is 11.2 Å². The van der Waals surface area contributed by atoms with Crippen LogP contribution < -0.4 is 16.7 Å². The molecule has 0 spiro atoms. The molecule has 0 saturated carbocycles. The van der Waals surface area contributed by atoms with Crippen LogP contribution in [-0.2, 0) is 0 Å². The van der Waals surface area contributed by atoms with E-state index in [-0.39, 0.29) is 11.6 Å². The zero-order chi connectivity index (χ0) is 19.0. The second-order valence-corrected chi connectivity index (χ2v) is 6.47. The minimum atomic E-state index is -0.479. The van der Waals surface area contributed by atoms with E-state index in [2.05, 4.69) is 15.4 Å². The summed E-state index contributed by atoms with van der Waals surface area (Å²) in [5.41, 5.74) is 0.793. The van der Waals surface area contributed by atoms with Crippen LogP contribution >= 0.6 is 11.8 Å². The van der Waals surface area contributed by atoms with E-state index < -0.39 is 11.4 Å². The van der Waals surface area contributed by atoms with E-state index in [0.29, 0.717) is 16.1 Å². The number of nitrogens with zero attached hydrogens (tertiary/aromatic N) is 4. The average molecular weight is 382 g/mol. The predicted molar refractivity (Wildman–Crippen MR) is 105 cm³/mol. The summed E-state index contributed by atoms with van der Waals surface area (Å²) in [7, 11) is 0. The van der Waals surface area contributed by atoms with Gasteiger partial charge >= 0.3 is 0 Å². The number of rotatable bonds is 4. The van der Waals surface area contributed by atoms with Gasteiger partial charge in [-0.2, -0.15) is 14.8 Å². The van der Waals surface area contributed by atoms with E-state index in [1.807, 2.05) is 36.6 Å². The first-order chi connectivity index (χ1) is 13.1. The first kappa shape index (κ1) is 17.1. The van der Waals surface area contributed by atoms with Crippen molar-refractivity contribution in [3.8, 4) is 5.69 Å². The van der Waals surface area contributed by atoms with Gasteiger partial charge in [-0.25, -0.2) is 9.07 Å². The lowest BCUT2D eigenvalue weighted by atomic mass is 10.3. The standard InChI is InChI=1S/C18H15FN6OS/c1-27-16-14-15(25(23-16)11-7-3-2-4-8-11)22-18(24(20)17(14)26)21-13-10-6-5-9-12(13)19/h2-10H,20H2,1H3,(H,21,22). The number of halogens is 1. The molecule has 0 aliphatic heterocycles. The lowest BCUT2D eigenvalue weighted by molar-refractivity contribution is 0.631. The van der Waals surface area contributed by atoms with Crippen molar-refractivity contribution in [1.29, 1.82) is 0 Å². The van der Waals surface area contributed by atoms with Gasteiger partial charge in [0.15, 0.2) is 5.65 Å². The Bertz CT molecular complexity index is 1190. The Morgan fingerprint density at radius 3 is 2.52 bits per heavy atom. The molecule has 9 heteroatoms. The van der Waals surface area contributed by atoms with Gasteiger partial charge in [-0.1, -0.05) is 30.3 Å². The number of fused-ring (bicyclic) bond motifs is 1. The number of hydrogen-bond acceptors (Lipinski definition) is 6. The van der Waals surface area contributed by atoms with Gasteiger partial charge in [0.2, 0.25) is 5.95 Å². The normalized spacial score (nSPS) is 11.0. The van der Waals surface area contributed by atoms with Crippen molar-refractivity contribution < 1.29 is 4.39 Å². The lowest BCUT2D eigenvalue weighted by Crippen LogP contribution is -2.30. The maximum absolute atomic E-state index is 14.0. The van der Waals surface area contributed by atoms with Crippen LogP contribution in [0.25, 0.3) is 16.7 Å². The van der Waals surface area contributed by atoms with E-state index in [1.165, 1.54) is 23.9 Å². The Hall–Kier alpha value is -3.33. The summed E-state index contributed by atoms with van der Waals surface area (Å²) in [6, 6.07) is 15.4. The zero-order valence-electron chi connectivity index (χ0n) is 14.3. The highest BCUT2D eigenvalue weighted by Gasteiger charge is 2.20. The van der Waals surface area contributed by atoms with E-state index >= 15 is 0 Å². The average Bonchev–Trinajstić information content (AvgIpc) is 3.07. The Kier molecular flexibility index (Phi) is 4.28. The quantitative estimate of drug-likeness (QED) is 0.417. The van der Waals surface area contributed by atoms with Crippen LogP contribution in [0, 0.1) is 5.82 Å². The van der Waals surface area contributed by atoms with Crippen molar-refractivity contribution in [1.82, 2.24) is 19.4 Å². The largest absolute Gasteiger partial charge is 0.333 e. The van der Waals surface area contributed by atoms with E-state index in [1.54, 1.807) is 16.8 Å². The maximum atomic E-state index is 14.0.